The topological polar surface area (TPSA) is 64.6 Å². The van der Waals surface area contributed by atoms with Crippen molar-refractivity contribution in [1.29, 1.82) is 0 Å². The summed E-state index contributed by atoms with van der Waals surface area (Å²) in [4.78, 5) is 24.1. The average Bonchev–Trinajstić information content (AvgIpc) is 2.48. The van der Waals surface area contributed by atoms with Crippen molar-refractivity contribution < 1.29 is 27.8 Å². The van der Waals surface area contributed by atoms with Gasteiger partial charge in [-0.1, -0.05) is 0 Å². The lowest BCUT2D eigenvalue weighted by atomic mass is 9.91. The second-order valence-corrected chi connectivity index (χ2v) is 5.46. The van der Waals surface area contributed by atoms with Crippen LogP contribution in [-0.4, -0.2) is 31.7 Å². The normalized spacial score (nSPS) is 13.5. The second kappa shape index (κ2) is 8.01. The zero-order valence-electron chi connectivity index (χ0n) is 13.6. The molecule has 1 aromatic carbocycles. The Morgan fingerprint density at radius 1 is 1.30 bits per heavy atom. The van der Waals surface area contributed by atoms with Gasteiger partial charge in [0.15, 0.2) is 5.54 Å². The molecule has 0 aliphatic heterocycles. The van der Waals surface area contributed by atoms with E-state index in [1.54, 1.807) is 0 Å². The van der Waals surface area contributed by atoms with Crippen molar-refractivity contribution >= 4 is 11.9 Å². The third-order valence-electron chi connectivity index (χ3n) is 3.23. The van der Waals surface area contributed by atoms with Gasteiger partial charge in [0.1, 0.15) is 11.6 Å². The van der Waals surface area contributed by atoms with E-state index in [9.17, 15) is 18.4 Å². The van der Waals surface area contributed by atoms with Crippen molar-refractivity contribution in [1.82, 2.24) is 5.32 Å². The van der Waals surface area contributed by atoms with E-state index >= 15 is 0 Å². The monoisotopic (exact) mass is 329 g/mol. The van der Waals surface area contributed by atoms with E-state index in [1.807, 2.05) is 13.8 Å². The Balaban J connectivity index is 3.01. The predicted molar refractivity (Wildman–Crippen MR) is 79.6 cm³/mol. The van der Waals surface area contributed by atoms with Gasteiger partial charge in [0.2, 0.25) is 5.91 Å². The van der Waals surface area contributed by atoms with E-state index in [4.69, 9.17) is 4.74 Å². The molecule has 0 spiro atoms. The number of benzene rings is 1. The number of rotatable bonds is 7. The number of carbonyl (C=O) groups is 2. The lowest BCUT2D eigenvalue weighted by Gasteiger charge is -2.29. The zero-order valence-corrected chi connectivity index (χ0v) is 13.6. The molecule has 0 aliphatic carbocycles. The summed E-state index contributed by atoms with van der Waals surface area (Å²) >= 11 is 0. The number of amides is 1. The highest BCUT2D eigenvalue weighted by atomic mass is 19.1. The Morgan fingerprint density at radius 3 is 2.52 bits per heavy atom. The molecule has 0 saturated heterocycles. The molecule has 0 bridgehead atoms. The van der Waals surface area contributed by atoms with Crippen LogP contribution < -0.4 is 5.32 Å². The molecule has 0 fully saturated rings. The summed E-state index contributed by atoms with van der Waals surface area (Å²) in [5.41, 5.74) is -2.14. The fourth-order valence-electron chi connectivity index (χ4n) is 2.04. The Hall–Kier alpha value is -2.02. The Bertz CT molecular complexity index is 577. The van der Waals surface area contributed by atoms with Gasteiger partial charge in [-0.3, -0.25) is 4.79 Å². The quantitative estimate of drug-likeness (QED) is 0.780. The van der Waals surface area contributed by atoms with Gasteiger partial charge in [0, 0.05) is 5.56 Å². The number of hydrogen-bond acceptors (Lipinski definition) is 4. The fourth-order valence-corrected chi connectivity index (χ4v) is 2.04. The predicted octanol–water partition coefficient (Wildman–Crippen LogP) is 2.28. The summed E-state index contributed by atoms with van der Waals surface area (Å²) in [7, 11) is 1.10. The fraction of sp³-hybridized carbons (Fsp3) is 0.500. The van der Waals surface area contributed by atoms with Crippen molar-refractivity contribution in [2.75, 3.05) is 13.7 Å². The first-order valence-corrected chi connectivity index (χ1v) is 7.17. The molecule has 1 N–H and O–H groups in total. The first kappa shape index (κ1) is 19.0. The minimum absolute atomic E-state index is 0.0261. The van der Waals surface area contributed by atoms with Gasteiger partial charge in [0.25, 0.3) is 0 Å². The SMILES string of the molecule is COC(=O)[C@@](C)(NC(=O)CCOC(C)C)c1cc(F)ccc1F. The van der Waals surface area contributed by atoms with Gasteiger partial charge in [-0.05, 0) is 39.0 Å². The maximum Gasteiger partial charge on any atom is 0.336 e. The molecular weight excluding hydrogens is 308 g/mol. The molecule has 7 heteroatoms. The maximum atomic E-state index is 14.0. The average molecular weight is 329 g/mol. The van der Waals surface area contributed by atoms with Crippen molar-refractivity contribution in [2.45, 2.75) is 38.8 Å². The minimum atomic E-state index is -1.84. The van der Waals surface area contributed by atoms with Crippen molar-refractivity contribution in [2.24, 2.45) is 0 Å². The summed E-state index contributed by atoms with van der Waals surface area (Å²) in [5, 5.41) is 2.40. The molecule has 0 aromatic heterocycles. The first-order valence-electron chi connectivity index (χ1n) is 7.17. The van der Waals surface area contributed by atoms with Gasteiger partial charge >= 0.3 is 5.97 Å². The van der Waals surface area contributed by atoms with E-state index < -0.39 is 29.0 Å². The van der Waals surface area contributed by atoms with Crippen LogP contribution in [0.4, 0.5) is 8.78 Å². The number of carbonyl (C=O) groups excluding carboxylic acids is 2. The van der Waals surface area contributed by atoms with Crippen LogP contribution in [0.3, 0.4) is 0 Å². The van der Waals surface area contributed by atoms with E-state index in [2.05, 4.69) is 10.1 Å². The van der Waals surface area contributed by atoms with Crippen LogP contribution >= 0.6 is 0 Å². The lowest BCUT2D eigenvalue weighted by Crippen LogP contribution is -2.51. The molecule has 1 atom stereocenters. The number of esters is 1. The molecular formula is C16H21F2NO4. The van der Waals surface area contributed by atoms with Crippen LogP contribution in [0.25, 0.3) is 0 Å². The molecule has 1 amide bonds. The molecule has 1 rings (SSSR count). The number of hydrogen-bond donors (Lipinski definition) is 1. The highest BCUT2D eigenvalue weighted by Crippen LogP contribution is 2.26. The van der Waals surface area contributed by atoms with Crippen LogP contribution in [0.5, 0.6) is 0 Å². The Kier molecular flexibility index (Phi) is 6.62. The van der Waals surface area contributed by atoms with E-state index in [-0.39, 0.29) is 24.7 Å². The minimum Gasteiger partial charge on any atom is -0.467 e. The first-order chi connectivity index (χ1) is 10.7. The Labute approximate surface area is 134 Å². The number of halogens is 2. The largest absolute Gasteiger partial charge is 0.467 e. The lowest BCUT2D eigenvalue weighted by molar-refractivity contribution is -0.151. The third-order valence-corrected chi connectivity index (χ3v) is 3.23. The van der Waals surface area contributed by atoms with Crippen molar-refractivity contribution in [3.05, 3.63) is 35.4 Å². The van der Waals surface area contributed by atoms with Crippen LogP contribution in [0.15, 0.2) is 18.2 Å². The summed E-state index contributed by atoms with van der Waals surface area (Å²) in [6.45, 7) is 5.04. The standard InChI is InChI=1S/C16H21F2NO4/c1-10(2)23-8-7-14(20)19-16(3,15(21)22-4)12-9-11(17)5-6-13(12)18/h5-6,9-10H,7-8H2,1-4H3,(H,19,20)/t16-/m0/s1. The molecule has 5 nitrogen and oxygen atoms in total. The van der Waals surface area contributed by atoms with Gasteiger partial charge in [-0.25, -0.2) is 13.6 Å². The molecule has 23 heavy (non-hydrogen) atoms. The van der Waals surface area contributed by atoms with Crippen LogP contribution in [-0.2, 0) is 24.6 Å². The molecule has 0 unspecified atom stereocenters. The summed E-state index contributed by atoms with van der Waals surface area (Å²) in [5.74, 6) is -2.99. The smallest absolute Gasteiger partial charge is 0.336 e. The maximum absolute atomic E-state index is 14.0. The molecule has 0 heterocycles. The van der Waals surface area contributed by atoms with Crippen molar-refractivity contribution in [3.63, 3.8) is 0 Å². The molecule has 0 aliphatic rings. The number of methoxy groups -OCH3 is 1. The highest BCUT2D eigenvalue weighted by molar-refractivity contribution is 5.88. The van der Waals surface area contributed by atoms with Gasteiger partial charge < -0.3 is 14.8 Å². The van der Waals surface area contributed by atoms with Gasteiger partial charge in [0.05, 0.1) is 26.2 Å². The van der Waals surface area contributed by atoms with Gasteiger partial charge in [-0.15, -0.1) is 0 Å². The molecule has 1 aromatic rings. The van der Waals surface area contributed by atoms with E-state index in [1.165, 1.54) is 6.92 Å². The third kappa shape index (κ3) is 4.99. The molecule has 0 saturated carbocycles. The second-order valence-electron chi connectivity index (χ2n) is 5.46. The van der Waals surface area contributed by atoms with Crippen molar-refractivity contribution in [3.8, 4) is 0 Å². The number of nitrogens with one attached hydrogen (secondary N) is 1. The van der Waals surface area contributed by atoms with Crippen LogP contribution in [0.2, 0.25) is 0 Å². The Morgan fingerprint density at radius 2 is 1.96 bits per heavy atom. The number of ether oxygens (including phenoxy) is 2. The molecule has 0 radical (unpaired) electrons. The molecule has 128 valence electrons. The summed E-state index contributed by atoms with van der Waals surface area (Å²) < 4.78 is 37.3. The van der Waals surface area contributed by atoms with Crippen LogP contribution in [0, 0.1) is 11.6 Å². The summed E-state index contributed by atoms with van der Waals surface area (Å²) in [6, 6.07) is 2.67. The highest BCUT2D eigenvalue weighted by Gasteiger charge is 2.40. The zero-order chi connectivity index (χ0) is 17.6. The van der Waals surface area contributed by atoms with Gasteiger partial charge in [-0.2, -0.15) is 0 Å². The van der Waals surface area contributed by atoms with E-state index in [0.29, 0.717) is 0 Å². The van der Waals surface area contributed by atoms with Crippen LogP contribution in [0.1, 0.15) is 32.8 Å². The summed E-state index contributed by atoms with van der Waals surface area (Å²) in [6.07, 6.45) is -0.0720. The van der Waals surface area contributed by atoms with E-state index in [0.717, 1.165) is 25.3 Å².